The highest BCUT2D eigenvalue weighted by Crippen LogP contribution is 2.45. The second kappa shape index (κ2) is 11.2. The Balaban J connectivity index is 1.92. The molecule has 2 N–H and O–H groups in total. The molecule has 2 aliphatic carbocycles. The SMILES string of the molecule is CCC(CO)OC(P)CNC(c1ccccc1)(C1C=CC=CC1)[C@H]1C=CCCC1. The molecule has 3 rings (SSSR count). The Morgan fingerprint density at radius 3 is 2.62 bits per heavy atom. The van der Waals surface area contributed by atoms with E-state index < -0.39 is 0 Å². The van der Waals surface area contributed by atoms with E-state index in [0.29, 0.717) is 18.4 Å². The number of aliphatic hydroxyl groups is 1. The third-order valence-electron chi connectivity index (χ3n) is 6.28. The highest BCUT2D eigenvalue weighted by atomic mass is 31.0. The lowest BCUT2D eigenvalue weighted by molar-refractivity contribution is -0.00848. The number of benzene rings is 1. The minimum Gasteiger partial charge on any atom is -0.394 e. The first-order chi connectivity index (χ1) is 14.2. The molecular formula is C25H36NO2P. The van der Waals surface area contributed by atoms with Gasteiger partial charge in [0.25, 0.3) is 0 Å². The molecule has 0 fully saturated rings. The van der Waals surface area contributed by atoms with Crippen molar-refractivity contribution in [3.05, 3.63) is 72.4 Å². The minimum absolute atomic E-state index is 0.0501. The van der Waals surface area contributed by atoms with E-state index in [4.69, 9.17) is 4.74 Å². The van der Waals surface area contributed by atoms with Crippen molar-refractivity contribution < 1.29 is 9.84 Å². The Morgan fingerprint density at radius 1 is 1.17 bits per heavy atom. The van der Waals surface area contributed by atoms with Crippen LogP contribution in [0, 0.1) is 11.8 Å². The number of ether oxygens (including phenoxy) is 1. The van der Waals surface area contributed by atoms with E-state index in [-0.39, 0.29) is 24.1 Å². The molecule has 0 amide bonds. The van der Waals surface area contributed by atoms with Crippen LogP contribution in [0.3, 0.4) is 0 Å². The van der Waals surface area contributed by atoms with Gasteiger partial charge in [0.15, 0.2) is 0 Å². The maximum Gasteiger partial charge on any atom is 0.0837 e. The first-order valence-corrected chi connectivity index (χ1v) is 11.7. The predicted octanol–water partition coefficient (Wildman–Crippen LogP) is 4.95. The van der Waals surface area contributed by atoms with Crippen molar-refractivity contribution in [1.29, 1.82) is 0 Å². The molecule has 0 saturated carbocycles. The van der Waals surface area contributed by atoms with E-state index in [0.717, 1.165) is 12.8 Å². The van der Waals surface area contributed by atoms with Crippen LogP contribution in [0.25, 0.3) is 0 Å². The number of aliphatic hydroxyl groups excluding tert-OH is 1. The molecule has 0 radical (unpaired) electrons. The van der Waals surface area contributed by atoms with Crippen LogP contribution >= 0.6 is 9.24 Å². The average molecular weight is 414 g/mol. The number of allylic oxidation sites excluding steroid dienone is 4. The topological polar surface area (TPSA) is 41.5 Å². The number of hydrogen-bond donors (Lipinski definition) is 2. The normalized spacial score (nSPS) is 25.5. The molecule has 1 aromatic carbocycles. The van der Waals surface area contributed by atoms with Gasteiger partial charge in [-0.2, -0.15) is 0 Å². The number of nitrogens with one attached hydrogen (secondary N) is 1. The second-order valence-corrected chi connectivity index (χ2v) is 8.87. The van der Waals surface area contributed by atoms with Crippen LogP contribution in [0.4, 0.5) is 0 Å². The predicted molar refractivity (Wildman–Crippen MR) is 125 cm³/mol. The van der Waals surface area contributed by atoms with E-state index in [1.807, 2.05) is 6.92 Å². The van der Waals surface area contributed by atoms with Crippen molar-refractivity contribution in [3.8, 4) is 0 Å². The van der Waals surface area contributed by atoms with Gasteiger partial charge in [-0.05, 0) is 43.6 Å². The standard InChI is InChI=1S/C25H36NO2P/c1-2-23(19-27)28-24(29)18-26-25(20-12-6-3-7-13-20,21-14-8-4-9-15-21)22-16-10-5-11-17-22/h3-4,6-10,12-14,16,21-24,26-27H,2,5,11,15,17-19,29H2,1H3/t21?,22-,23?,24?,25?/m0/s1. The Labute approximate surface area is 178 Å². The molecule has 0 heterocycles. The molecule has 0 aliphatic heterocycles. The smallest absolute Gasteiger partial charge is 0.0837 e. The van der Waals surface area contributed by atoms with E-state index >= 15 is 0 Å². The van der Waals surface area contributed by atoms with E-state index in [2.05, 4.69) is 81.3 Å². The van der Waals surface area contributed by atoms with Crippen LogP contribution in [0.1, 0.15) is 44.6 Å². The summed E-state index contributed by atoms with van der Waals surface area (Å²) in [5.74, 6) is 0.752. The van der Waals surface area contributed by atoms with E-state index in [1.54, 1.807) is 0 Å². The minimum atomic E-state index is -0.182. The van der Waals surface area contributed by atoms with Gasteiger partial charge >= 0.3 is 0 Å². The van der Waals surface area contributed by atoms with Crippen LogP contribution < -0.4 is 5.32 Å². The Bertz CT molecular complexity index is 694. The van der Waals surface area contributed by atoms with Crippen molar-refractivity contribution >= 4 is 9.24 Å². The molecule has 5 unspecified atom stereocenters. The van der Waals surface area contributed by atoms with Crippen molar-refractivity contribution in [1.82, 2.24) is 5.32 Å². The summed E-state index contributed by atoms with van der Waals surface area (Å²) < 4.78 is 6.06. The summed E-state index contributed by atoms with van der Waals surface area (Å²) in [6.45, 7) is 2.83. The monoisotopic (exact) mass is 413 g/mol. The zero-order valence-electron chi connectivity index (χ0n) is 17.5. The molecule has 3 nitrogen and oxygen atoms in total. The first kappa shape index (κ1) is 22.4. The van der Waals surface area contributed by atoms with Gasteiger partial charge < -0.3 is 15.2 Å². The quantitative estimate of drug-likeness (QED) is 0.421. The lowest BCUT2D eigenvalue weighted by atomic mass is 9.65. The van der Waals surface area contributed by atoms with Gasteiger partial charge in [-0.3, -0.25) is 0 Å². The summed E-state index contributed by atoms with van der Waals surface area (Å²) in [6.07, 6.45) is 19.1. The lowest BCUT2D eigenvalue weighted by Gasteiger charge is -2.48. The Hall–Kier alpha value is -1.25. The highest BCUT2D eigenvalue weighted by molar-refractivity contribution is 7.17. The van der Waals surface area contributed by atoms with Crippen LogP contribution in [0.2, 0.25) is 0 Å². The van der Waals surface area contributed by atoms with E-state index in [9.17, 15) is 5.11 Å². The van der Waals surface area contributed by atoms with Crippen molar-refractivity contribution in [2.24, 2.45) is 11.8 Å². The fourth-order valence-electron chi connectivity index (χ4n) is 4.72. The molecule has 2 aliphatic rings. The third kappa shape index (κ3) is 5.47. The third-order valence-corrected chi connectivity index (χ3v) is 6.67. The summed E-state index contributed by atoms with van der Waals surface area (Å²) in [4.78, 5) is 0. The highest BCUT2D eigenvalue weighted by Gasteiger charge is 2.44. The fraction of sp³-hybridized carbons (Fsp3) is 0.520. The molecule has 1 aromatic rings. The lowest BCUT2D eigenvalue weighted by Crippen LogP contribution is -2.55. The van der Waals surface area contributed by atoms with Crippen LogP contribution in [-0.4, -0.2) is 30.2 Å². The number of rotatable bonds is 10. The van der Waals surface area contributed by atoms with Crippen molar-refractivity contribution in [2.75, 3.05) is 13.2 Å². The molecule has 0 spiro atoms. The Kier molecular flexibility index (Phi) is 8.68. The summed E-state index contributed by atoms with van der Waals surface area (Å²) >= 11 is 0. The molecular weight excluding hydrogens is 377 g/mol. The molecule has 0 saturated heterocycles. The van der Waals surface area contributed by atoms with Gasteiger partial charge in [0.05, 0.1) is 24.1 Å². The van der Waals surface area contributed by atoms with Gasteiger partial charge in [0, 0.05) is 12.5 Å². The zero-order valence-corrected chi connectivity index (χ0v) is 18.7. The molecule has 158 valence electrons. The maximum atomic E-state index is 9.51. The van der Waals surface area contributed by atoms with Gasteiger partial charge in [-0.1, -0.05) is 73.7 Å². The molecule has 4 heteroatoms. The molecule has 0 bridgehead atoms. The van der Waals surface area contributed by atoms with Crippen LogP contribution in [0.15, 0.2) is 66.8 Å². The molecule has 6 atom stereocenters. The second-order valence-electron chi connectivity index (χ2n) is 8.12. The van der Waals surface area contributed by atoms with Crippen molar-refractivity contribution in [3.63, 3.8) is 0 Å². The summed E-state index contributed by atoms with van der Waals surface area (Å²) in [5, 5.41) is 13.5. The maximum absolute atomic E-state index is 9.51. The van der Waals surface area contributed by atoms with Gasteiger partial charge in [-0.15, -0.1) is 9.24 Å². The molecule has 0 aromatic heterocycles. The summed E-state index contributed by atoms with van der Waals surface area (Å²) in [6, 6.07) is 10.9. The summed E-state index contributed by atoms with van der Waals surface area (Å²) in [7, 11) is 2.81. The van der Waals surface area contributed by atoms with E-state index in [1.165, 1.54) is 24.8 Å². The fourth-order valence-corrected chi connectivity index (χ4v) is 5.06. The van der Waals surface area contributed by atoms with Gasteiger partial charge in [-0.25, -0.2) is 0 Å². The van der Waals surface area contributed by atoms with Gasteiger partial charge in [0.2, 0.25) is 0 Å². The van der Waals surface area contributed by atoms with Crippen LogP contribution in [0.5, 0.6) is 0 Å². The Morgan fingerprint density at radius 2 is 2.00 bits per heavy atom. The summed E-state index contributed by atoms with van der Waals surface area (Å²) in [5.41, 5.74) is 1.16. The number of hydrogen-bond acceptors (Lipinski definition) is 3. The van der Waals surface area contributed by atoms with Crippen molar-refractivity contribution in [2.45, 2.75) is 56.5 Å². The van der Waals surface area contributed by atoms with Crippen LogP contribution in [-0.2, 0) is 10.3 Å². The average Bonchev–Trinajstić information content (AvgIpc) is 2.80. The van der Waals surface area contributed by atoms with Gasteiger partial charge in [0.1, 0.15) is 0 Å². The first-order valence-electron chi connectivity index (χ1n) is 11.0. The molecule has 29 heavy (non-hydrogen) atoms. The largest absolute Gasteiger partial charge is 0.394 e. The zero-order chi connectivity index (χ0) is 20.5.